The summed E-state index contributed by atoms with van der Waals surface area (Å²) < 4.78 is 5.49. The first-order valence-electron chi connectivity index (χ1n) is 11.8. The second-order valence-corrected chi connectivity index (χ2v) is 9.38. The lowest BCUT2D eigenvalue weighted by Crippen LogP contribution is -2.29. The highest BCUT2D eigenvalue weighted by Crippen LogP contribution is 2.41. The molecule has 0 aliphatic carbocycles. The van der Waals surface area contributed by atoms with E-state index in [1.54, 1.807) is 7.11 Å². The molecule has 0 saturated carbocycles. The number of ether oxygens (including phenoxy) is 1. The van der Waals surface area contributed by atoms with Crippen molar-refractivity contribution < 1.29 is 19.4 Å². The van der Waals surface area contributed by atoms with Crippen molar-refractivity contribution >= 4 is 17.4 Å². The van der Waals surface area contributed by atoms with Gasteiger partial charge in [-0.25, -0.2) is 0 Å². The molecule has 5 nitrogen and oxygen atoms in total. The number of rotatable bonds is 6. The summed E-state index contributed by atoms with van der Waals surface area (Å²) in [5.74, 6) is -0.487. The molecule has 1 aliphatic rings. The van der Waals surface area contributed by atoms with Crippen LogP contribution in [0.3, 0.4) is 0 Å². The molecule has 0 radical (unpaired) electrons. The van der Waals surface area contributed by atoms with Crippen molar-refractivity contribution in [2.24, 2.45) is 0 Å². The second kappa shape index (κ2) is 9.79. The Bertz CT molecular complexity index is 1300. The fourth-order valence-corrected chi connectivity index (χ4v) is 4.61. The number of para-hydroxylation sites is 1. The molecule has 1 heterocycles. The van der Waals surface area contributed by atoms with E-state index >= 15 is 0 Å². The molecule has 4 rings (SSSR count). The average Bonchev–Trinajstić information content (AvgIpc) is 3.10. The van der Waals surface area contributed by atoms with E-state index in [4.69, 9.17) is 4.74 Å². The molecule has 1 fully saturated rings. The monoisotopic (exact) mass is 469 g/mol. The van der Waals surface area contributed by atoms with Gasteiger partial charge >= 0.3 is 0 Å². The Hall–Kier alpha value is -3.86. The van der Waals surface area contributed by atoms with Crippen molar-refractivity contribution in [1.82, 2.24) is 4.90 Å². The first kappa shape index (κ1) is 24.3. The number of nitrogens with zero attached hydrogens (tertiary/aromatic N) is 1. The maximum Gasteiger partial charge on any atom is 0.295 e. The zero-order valence-electron chi connectivity index (χ0n) is 20.8. The number of carbonyl (C=O) groups excluding carboxylic acids is 2. The maximum absolute atomic E-state index is 13.4. The summed E-state index contributed by atoms with van der Waals surface area (Å²) in [6.45, 7) is 8.21. The second-order valence-electron chi connectivity index (χ2n) is 9.38. The lowest BCUT2D eigenvalue weighted by Gasteiger charge is -2.26. The minimum atomic E-state index is -0.721. The van der Waals surface area contributed by atoms with Crippen LogP contribution in [0.2, 0.25) is 0 Å². The lowest BCUT2D eigenvalue weighted by molar-refractivity contribution is -0.140. The van der Waals surface area contributed by atoms with E-state index in [0.717, 1.165) is 27.8 Å². The number of likely N-dealkylation sites (tertiary alicyclic amines) is 1. The van der Waals surface area contributed by atoms with Crippen LogP contribution in [0.1, 0.15) is 59.2 Å². The van der Waals surface area contributed by atoms with E-state index in [9.17, 15) is 14.7 Å². The summed E-state index contributed by atoms with van der Waals surface area (Å²) >= 11 is 0. The Morgan fingerprint density at radius 2 is 1.69 bits per heavy atom. The van der Waals surface area contributed by atoms with E-state index in [0.29, 0.717) is 17.2 Å². The zero-order chi connectivity index (χ0) is 25.3. The number of Topliss-reactive ketones (excluding diaryl/α,β-unsaturated/α-hetero) is 1. The van der Waals surface area contributed by atoms with Gasteiger partial charge in [-0.2, -0.15) is 0 Å². The van der Waals surface area contributed by atoms with Gasteiger partial charge in [0.15, 0.2) is 0 Å². The molecule has 1 atom stereocenters. The van der Waals surface area contributed by atoms with E-state index in [-0.39, 0.29) is 17.9 Å². The van der Waals surface area contributed by atoms with Crippen LogP contribution in [0, 0.1) is 13.8 Å². The number of amides is 1. The number of methoxy groups -OCH3 is 1. The predicted molar refractivity (Wildman–Crippen MR) is 137 cm³/mol. The molecule has 1 unspecified atom stereocenters. The van der Waals surface area contributed by atoms with Crippen LogP contribution < -0.4 is 4.74 Å². The summed E-state index contributed by atoms with van der Waals surface area (Å²) in [7, 11) is 1.58. The molecule has 0 aromatic heterocycles. The van der Waals surface area contributed by atoms with E-state index < -0.39 is 17.7 Å². The molecule has 0 bridgehead atoms. The van der Waals surface area contributed by atoms with E-state index in [1.165, 1.54) is 4.90 Å². The molecule has 180 valence electrons. The molecule has 1 aliphatic heterocycles. The Morgan fingerprint density at radius 3 is 2.34 bits per heavy atom. The molecule has 35 heavy (non-hydrogen) atoms. The topological polar surface area (TPSA) is 66.8 Å². The fourth-order valence-electron chi connectivity index (χ4n) is 4.61. The molecule has 5 heteroatoms. The summed E-state index contributed by atoms with van der Waals surface area (Å²) in [5.41, 5.74) is 5.17. The standard InChI is InChI=1S/C30H31NO4/c1-18(2)21-12-14-22(15-13-21)27-26(28(32)24-16-19(3)10-11-20(24)4)29(33)30(34)31(27)17-23-8-6-7-9-25(23)35-5/h6-16,18,27,32H,17H2,1-5H3/b28-26+. The summed E-state index contributed by atoms with van der Waals surface area (Å²) in [5, 5.41) is 11.4. The molecule has 0 spiro atoms. The Labute approximate surface area is 206 Å². The van der Waals surface area contributed by atoms with Gasteiger partial charge in [0.1, 0.15) is 11.5 Å². The average molecular weight is 470 g/mol. The first-order valence-corrected chi connectivity index (χ1v) is 11.8. The van der Waals surface area contributed by atoms with Gasteiger partial charge in [-0.15, -0.1) is 0 Å². The molecule has 3 aromatic rings. The third-order valence-electron chi connectivity index (χ3n) is 6.64. The van der Waals surface area contributed by atoms with Gasteiger partial charge in [-0.1, -0.05) is 74.0 Å². The van der Waals surface area contributed by atoms with Gasteiger partial charge in [0.25, 0.3) is 11.7 Å². The van der Waals surface area contributed by atoms with Crippen molar-refractivity contribution in [1.29, 1.82) is 0 Å². The highest BCUT2D eigenvalue weighted by Gasteiger charge is 2.46. The predicted octanol–water partition coefficient (Wildman–Crippen LogP) is 6.06. The van der Waals surface area contributed by atoms with Crippen LogP contribution in [0.5, 0.6) is 5.75 Å². The molecule has 1 amide bonds. The molecular formula is C30H31NO4. The number of hydrogen-bond donors (Lipinski definition) is 1. The van der Waals surface area contributed by atoms with Crippen LogP contribution >= 0.6 is 0 Å². The number of ketones is 1. The van der Waals surface area contributed by atoms with Gasteiger partial charge in [-0.05, 0) is 48.6 Å². The van der Waals surface area contributed by atoms with Gasteiger partial charge in [0.2, 0.25) is 0 Å². The number of aryl methyl sites for hydroxylation is 2. The van der Waals surface area contributed by atoms with Crippen LogP contribution in [0.25, 0.3) is 5.76 Å². The van der Waals surface area contributed by atoms with Crippen molar-refractivity contribution in [3.63, 3.8) is 0 Å². The molecule has 1 N–H and O–H groups in total. The van der Waals surface area contributed by atoms with Crippen LogP contribution in [-0.4, -0.2) is 28.8 Å². The van der Waals surface area contributed by atoms with Crippen molar-refractivity contribution in [2.75, 3.05) is 7.11 Å². The van der Waals surface area contributed by atoms with E-state index in [1.807, 2.05) is 80.6 Å². The minimum Gasteiger partial charge on any atom is -0.507 e. The van der Waals surface area contributed by atoms with Crippen molar-refractivity contribution in [3.05, 3.63) is 106 Å². The van der Waals surface area contributed by atoms with Crippen LogP contribution in [-0.2, 0) is 16.1 Å². The quantitative estimate of drug-likeness (QED) is 0.271. The van der Waals surface area contributed by atoms with Gasteiger partial charge in [0.05, 0.1) is 25.3 Å². The largest absolute Gasteiger partial charge is 0.507 e. The fraction of sp³-hybridized carbons (Fsp3) is 0.267. The van der Waals surface area contributed by atoms with Gasteiger partial charge < -0.3 is 14.7 Å². The number of aliphatic hydroxyl groups is 1. The van der Waals surface area contributed by atoms with Crippen LogP contribution in [0.4, 0.5) is 0 Å². The number of carbonyl (C=O) groups is 2. The Morgan fingerprint density at radius 1 is 1.00 bits per heavy atom. The number of aliphatic hydroxyl groups excluding tert-OH is 1. The SMILES string of the molecule is COc1ccccc1CN1C(=O)C(=O)/C(=C(/O)c2cc(C)ccc2C)C1c1ccc(C(C)C)cc1. The van der Waals surface area contributed by atoms with Gasteiger partial charge in [0, 0.05) is 11.1 Å². The minimum absolute atomic E-state index is 0.107. The van der Waals surface area contributed by atoms with Crippen molar-refractivity contribution in [3.8, 4) is 5.75 Å². The molecule has 3 aromatic carbocycles. The third-order valence-corrected chi connectivity index (χ3v) is 6.64. The smallest absolute Gasteiger partial charge is 0.295 e. The molecular weight excluding hydrogens is 438 g/mol. The Balaban J connectivity index is 1.90. The molecule has 1 saturated heterocycles. The summed E-state index contributed by atoms with van der Waals surface area (Å²) in [4.78, 5) is 28.3. The first-order chi connectivity index (χ1) is 16.7. The lowest BCUT2D eigenvalue weighted by atomic mass is 9.92. The highest BCUT2D eigenvalue weighted by atomic mass is 16.5. The van der Waals surface area contributed by atoms with Crippen LogP contribution in [0.15, 0.2) is 72.3 Å². The third kappa shape index (κ3) is 4.59. The number of hydrogen-bond acceptors (Lipinski definition) is 4. The van der Waals surface area contributed by atoms with E-state index in [2.05, 4.69) is 13.8 Å². The normalized spacial score (nSPS) is 17.3. The van der Waals surface area contributed by atoms with Gasteiger partial charge in [-0.3, -0.25) is 9.59 Å². The highest BCUT2D eigenvalue weighted by molar-refractivity contribution is 6.46. The summed E-state index contributed by atoms with van der Waals surface area (Å²) in [6.07, 6.45) is 0. The number of benzene rings is 3. The zero-order valence-corrected chi connectivity index (χ0v) is 20.8. The Kier molecular flexibility index (Phi) is 6.79. The maximum atomic E-state index is 13.4. The van der Waals surface area contributed by atoms with Crippen molar-refractivity contribution in [2.45, 2.75) is 46.2 Å². The summed E-state index contributed by atoms with van der Waals surface area (Å²) in [6, 6.07) is 20.3.